The van der Waals surface area contributed by atoms with E-state index in [0.29, 0.717) is 6.42 Å². The van der Waals surface area contributed by atoms with Gasteiger partial charge in [0.25, 0.3) is 0 Å². The van der Waals surface area contributed by atoms with Crippen LogP contribution in [0.2, 0.25) is 0 Å². The molecule has 0 amide bonds. The molecule has 138 valence electrons. The number of aliphatic hydroxyl groups excluding tert-OH is 1. The summed E-state index contributed by atoms with van der Waals surface area (Å²) in [7, 11) is 0. The second-order valence-electron chi connectivity index (χ2n) is 5.42. The second-order valence-corrected chi connectivity index (χ2v) is 5.42. The van der Waals surface area contributed by atoms with E-state index in [1.807, 2.05) is 30.4 Å². The van der Waals surface area contributed by atoms with Crippen molar-refractivity contribution in [2.45, 2.75) is 57.7 Å². The minimum absolute atomic E-state index is 0.0291. The molecule has 0 rings (SSSR count). The van der Waals surface area contributed by atoms with E-state index >= 15 is 0 Å². The molecular formula is C19H29F3O2. The Hall–Kier alpha value is -1.33. The zero-order valence-corrected chi connectivity index (χ0v) is 14.3. The lowest BCUT2D eigenvalue weighted by atomic mass is 10.1. The molecule has 0 saturated heterocycles. The number of aliphatic hydroxyl groups is 1. The summed E-state index contributed by atoms with van der Waals surface area (Å²) in [5.41, 5.74) is 0. The molecule has 5 heteroatoms. The molecule has 0 aromatic carbocycles. The van der Waals surface area contributed by atoms with E-state index in [4.69, 9.17) is 0 Å². The van der Waals surface area contributed by atoms with Crippen molar-refractivity contribution in [3.8, 4) is 0 Å². The first-order chi connectivity index (χ1) is 11.5. The Morgan fingerprint density at radius 2 is 1.62 bits per heavy atom. The Labute approximate surface area is 143 Å². The van der Waals surface area contributed by atoms with Crippen LogP contribution in [-0.4, -0.2) is 30.6 Å². The lowest BCUT2D eigenvalue weighted by Crippen LogP contribution is -2.16. The van der Waals surface area contributed by atoms with Crippen LogP contribution >= 0.6 is 0 Å². The molecular weight excluding hydrogens is 317 g/mol. The molecule has 0 heterocycles. The van der Waals surface area contributed by atoms with E-state index in [0.717, 1.165) is 32.1 Å². The summed E-state index contributed by atoms with van der Waals surface area (Å²) < 4.78 is 39.8. The SMILES string of the molecule is CCCCC[C@H](O)/C=C/C=C\C/C=C\C/C=C\COCC(F)(F)F. The van der Waals surface area contributed by atoms with Crippen LogP contribution in [-0.2, 0) is 4.74 Å². The minimum atomic E-state index is -4.26. The fraction of sp³-hybridized carbons (Fsp3) is 0.579. The molecule has 0 spiro atoms. The standard InChI is InChI=1S/C19H29F3O2/c1-2-3-11-14-18(23)15-12-9-7-5-4-6-8-10-13-16-24-17-19(20,21)22/h4,6-7,9-10,12-13,15,18,23H,2-3,5,8,11,14,16-17H2,1H3/b6-4-,9-7-,13-10-,15-12+/t18-/m0/s1. The van der Waals surface area contributed by atoms with Crippen LogP contribution in [0.1, 0.15) is 45.4 Å². The molecule has 0 aromatic rings. The maximum atomic E-state index is 11.8. The van der Waals surface area contributed by atoms with Crippen molar-refractivity contribution in [2.75, 3.05) is 13.2 Å². The van der Waals surface area contributed by atoms with E-state index in [-0.39, 0.29) is 12.7 Å². The summed E-state index contributed by atoms with van der Waals surface area (Å²) in [5.74, 6) is 0. The van der Waals surface area contributed by atoms with Gasteiger partial charge >= 0.3 is 6.18 Å². The van der Waals surface area contributed by atoms with E-state index in [9.17, 15) is 18.3 Å². The van der Waals surface area contributed by atoms with Gasteiger partial charge in [0.15, 0.2) is 0 Å². The van der Waals surface area contributed by atoms with Crippen molar-refractivity contribution in [2.24, 2.45) is 0 Å². The summed E-state index contributed by atoms with van der Waals surface area (Å²) in [6.07, 6.45) is 15.7. The number of hydrogen-bond acceptors (Lipinski definition) is 2. The van der Waals surface area contributed by atoms with Gasteiger partial charge in [0, 0.05) is 0 Å². The highest BCUT2D eigenvalue weighted by molar-refractivity contribution is 5.07. The van der Waals surface area contributed by atoms with Crippen molar-refractivity contribution >= 4 is 0 Å². The Balaban J connectivity index is 3.60. The molecule has 0 aliphatic rings. The molecule has 1 N–H and O–H groups in total. The molecule has 0 fully saturated rings. The first-order valence-corrected chi connectivity index (χ1v) is 8.41. The lowest BCUT2D eigenvalue weighted by Gasteiger charge is -2.04. The minimum Gasteiger partial charge on any atom is -0.389 e. The molecule has 0 unspecified atom stereocenters. The number of halogens is 3. The topological polar surface area (TPSA) is 29.5 Å². The molecule has 0 aliphatic heterocycles. The third-order valence-electron chi connectivity index (χ3n) is 3.04. The Morgan fingerprint density at radius 1 is 0.958 bits per heavy atom. The smallest absolute Gasteiger partial charge is 0.389 e. The highest BCUT2D eigenvalue weighted by atomic mass is 19.4. The van der Waals surface area contributed by atoms with Crippen LogP contribution in [0.5, 0.6) is 0 Å². The average molecular weight is 346 g/mol. The fourth-order valence-electron chi connectivity index (χ4n) is 1.81. The summed E-state index contributed by atoms with van der Waals surface area (Å²) in [5, 5.41) is 9.67. The van der Waals surface area contributed by atoms with Crippen LogP contribution in [0.25, 0.3) is 0 Å². The van der Waals surface area contributed by atoms with Crippen LogP contribution in [0.4, 0.5) is 13.2 Å². The summed E-state index contributed by atoms with van der Waals surface area (Å²) in [6, 6.07) is 0. The summed E-state index contributed by atoms with van der Waals surface area (Å²) >= 11 is 0. The van der Waals surface area contributed by atoms with Gasteiger partial charge in [-0.05, 0) is 19.3 Å². The second kappa shape index (κ2) is 15.2. The van der Waals surface area contributed by atoms with Gasteiger partial charge in [-0.25, -0.2) is 0 Å². The van der Waals surface area contributed by atoms with Gasteiger partial charge in [-0.15, -0.1) is 0 Å². The van der Waals surface area contributed by atoms with Gasteiger partial charge in [-0.2, -0.15) is 13.2 Å². The molecule has 2 nitrogen and oxygen atoms in total. The van der Waals surface area contributed by atoms with E-state index in [2.05, 4.69) is 11.7 Å². The van der Waals surface area contributed by atoms with E-state index < -0.39 is 12.8 Å². The summed E-state index contributed by atoms with van der Waals surface area (Å²) in [4.78, 5) is 0. The number of rotatable bonds is 13. The normalized spacial score (nSPS) is 14.7. The van der Waals surface area contributed by atoms with Crippen molar-refractivity contribution < 1.29 is 23.0 Å². The van der Waals surface area contributed by atoms with Crippen LogP contribution < -0.4 is 0 Å². The fourth-order valence-corrected chi connectivity index (χ4v) is 1.81. The highest BCUT2D eigenvalue weighted by Gasteiger charge is 2.26. The van der Waals surface area contributed by atoms with Gasteiger partial charge in [0.1, 0.15) is 6.61 Å². The zero-order chi connectivity index (χ0) is 18.1. The molecule has 1 atom stereocenters. The third kappa shape index (κ3) is 18.7. The van der Waals surface area contributed by atoms with Gasteiger partial charge in [-0.1, -0.05) is 74.8 Å². The lowest BCUT2D eigenvalue weighted by molar-refractivity contribution is -0.171. The molecule has 0 bridgehead atoms. The Morgan fingerprint density at radius 3 is 2.29 bits per heavy atom. The van der Waals surface area contributed by atoms with Crippen LogP contribution in [0.3, 0.4) is 0 Å². The average Bonchev–Trinajstić information content (AvgIpc) is 2.51. The molecule has 0 aromatic heterocycles. The molecule has 24 heavy (non-hydrogen) atoms. The van der Waals surface area contributed by atoms with Crippen LogP contribution in [0.15, 0.2) is 48.6 Å². The predicted molar refractivity (Wildman–Crippen MR) is 92.8 cm³/mol. The van der Waals surface area contributed by atoms with E-state index in [1.54, 1.807) is 18.2 Å². The quantitative estimate of drug-likeness (QED) is 0.271. The number of ether oxygens (including phenoxy) is 1. The van der Waals surface area contributed by atoms with Gasteiger partial charge in [0.05, 0.1) is 12.7 Å². The van der Waals surface area contributed by atoms with Crippen molar-refractivity contribution in [3.05, 3.63) is 48.6 Å². The van der Waals surface area contributed by atoms with Crippen molar-refractivity contribution in [1.82, 2.24) is 0 Å². The van der Waals surface area contributed by atoms with Gasteiger partial charge in [0.2, 0.25) is 0 Å². The predicted octanol–water partition coefficient (Wildman–Crippen LogP) is 5.51. The highest BCUT2D eigenvalue weighted by Crippen LogP contribution is 2.14. The first kappa shape index (κ1) is 22.7. The van der Waals surface area contributed by atoms with Gasteiger partial charge in [-0.3, -0.25) is 0 Å². The maximum absolute atomic E-state index is 11.8. The molecule has 0 saturated carbocycles. The molecule has 0 radical (unpaired) electrons. The molecule has 0 aliphatic carbocycles. The number of hydrogen-bond donors (Lipinski definition) is 1. The van der Waals surface area contributed by atoms with Crippen molar-refractivity contribution in [1.29, 1.82) is 0 Å². The maximum Gasteiger partial charge on any atom is 0.411 e. The number of unbranched alkanes of at least 4 members (excludes halogenated alkanes) is 2. The number of allylic oxidation sites excluding steroid dienone is 6. The summed E-state index contributed by atoms with van der Waals surface area (Å²) in [6.45, 7) is 0.896. The first-order valence-electron chi connectivity index (χ1n) is 8.41. The zero-order valence-electron chi connectivity index (χ0n) is 14.3. The Bertz CT molecular complexity index is 396. The Kier molecular flexibility index (Phi) is 14.4. The van der Waals surface area contributed by atoms with Crippen LogP contribution in [0, 0.1) is 0 Å². The third-order valence-corrected chi connectivity index (χ3v) is 3.04. The van der Waals surface area contributed by atoms with Crippen molar-refractivity contribution in [3.63, 3.8) is 0 Å². The largest absolute Gasteiger partial charge is 0.411 e. The number of alkyl halides is 3. The monoisotopic (exact) mass is 346 g/mol. The van der Waals surface area contributed by atoms with Gasteiger partial charge < -0.3 is 9.84 Å². The van der Waals surface area contributed by atoms with E-state index in [1.165, 1.54) is 0 Å².